The molecule has 0 bridgehead atoms. The highest BCUT2D eigenvalue weighted by Crippen LogP contribution is 2.34. The summed E-state index contributed by atoms with van der Waals surface area (Å²) in [6, 6.07) is 4.12. The fourth-order valence-corrected chi connectivity index (χ4v) is 7.85. The number of carboxylic acid groups (broad SMARTS) is 1. The topological polar surface area (TPSA) is 205 Å². The Kier molecular flexibility index (Phi) is 16.0. The Morgan fingerprint density at radius 1 is 0.891 bits per heavy atom. The van der Waals surface area contributed by atoms with Crippen LogP contribution in [-0.2, 0) is 35.2 Å². The Balaban J connectivity index is 1.50. The van der Waals surface area contributed by atoms with Crippen molar-refractivity contribution in [3.63, 3.8) is 0 Å². The van der Waals surface area contributed by atoms with Gasteiger partial charge in [0.15, 0.2) is 5.78 Å². The Hall–Kier alpha value is -5.01. The number of ketones is 2. The molecule has 2 heterocycles. The van der Waals surface area contributed by atoms with Crippen molar-refractivity contribution in [3.05, 3.63) is 60.2 Å². The van der Waals surface area contributed by atoms with Gasteiger partial charge < -0.3 is 26.0 Å². The molecule has 55 heavy (non-hydrogen) atoms. The van der Waals surface area contributed by atoms with Gasteiger partial charge in [-0.25, -0.2) is 9.78 Å². The number of rotatable bonds is 19. The van der Waals surface area contributed by atoms with Gasteiger partial charge in [-0.1, -0.05) is 90.1 Å². The quantitative estimate of drug-likeness (QED) is 0.121. The third kappa shape index (κ3) is 11.5. The number of likely N-dealkylation sites (tertiary alicyclic amines) is 1. The fraction of sp³-hybridized carbons (Fsp3) is 0.585. The van der Waals surface area contributed by atoms with Crippen molar-refractivity contribution in [2.75, 3.05) is 6.54 Å². The van der Waals surface area contributed by atoms with Crippen LogP contribution >= 0.6 is 0 Å². The number of benzene rings is 1. The van der Waals surface area contributed by atoms with Crippen LogP contribution in [0.5, 0.6) is 0 Å². The molecule has 4 amide bonds. The zero-order valence-electron chi connectivity index (χ0n) is 32.4. The molecule has 0 radical (unpaired) electrons. The molecule has 1 unspecified atom stereocenters. The molecule has 1 aliphatic carbocycles. The largest absolute Gasteiger partial charge is 0.480 e. The minimum atomic E-state index is -1.37. The smallest absolute Gasteiger partial charge is 0.326 e. The monoisotopic (exact) mass is 760 g/mol. The third-order valence-electron chi connectivity index (χ3n) is 11.0. The first kappa shape index (κ1) is 42.7. The summed E-state index contributed by atoms with van der Waals surface area (Å²) in [6.07, 6.45) is 10.3. The van der Waals surface area contributed by atoms with Crippen LogP contribution in [0.2, 0.25) is 0 Å². The van der Waals surface area contributed by atoms with Crippen LogP contribution in [0, 0.1) is 23.7 Å². The minimum Gasteiger partial charge on any atom is -0.480 e. The molecule has 4 rings (SSSR count). The van der Waals surface area contributed by atoms with E-state index in [1.807, 2.05) is 20.8 Å². The minimum absolute atomic E-state index is 0.0374. The van der Waals surface area contributed by atoms with E-state index in [2.05, 4.69) is 25.9 Å². The predicted octanol–water partition coefficient (Wildman–Crippen LogP) is 3.68. The highest BCUT2D eigenvalue weighted by atomic mass is 16.4. The van der Waals surface area contributed by atoms with Gasteiger partial charge in [0.25, 0.3) is 5.91 Å². The average Bonchev–Trinajstić information content (AvgIpc) is 3.63. The van der Waals surface area contributed by atoms with Crippen LogP contribution < -0.4 is 16.0 Å². The lowest BCUT2D eigenvalue weighted by Crippen LogP contribution is -2.59. The number of Topliss-reactive ketones (excluding diaryl/α,β-unsaturated/α-hetero) is 2. The number of carbonyl (C=O) groups excluding carboxylic acids is 6. The van der Waals surface area contributed by atoms with E-state index in [0.29, 0.717) is 24.8 Å². The number of amides is 4. The lowest BCUT2D eigenvalue weighted by molar-refractivity contribution is -0.146. The molecular formula is C41H56N6O8. The first-order chi connectivity index (χ1) is 26.4. The van der Waals surface area contributed by atoms with E-state index < -0.39 is 65.5 Å². The first-order valence-electron chi connectivity index (χ1n) is 19.7. The number of nitrogens with zero attached hydrogens (tertiary/aromatic N) is 3. The van der Waals surface area contributed by atoms with Gasteiger partial charge in [0.05, 0.1) is 12.2 Å². The zero-order valence-corrected chi connectivity index (χ0v) is 32.4. The molecule has 1 aromatic heterocycles. The molecule has 14 heteroatoms. The second-order valence-corrected chi connectivity index (χ2v) is 15.2. The van der Waals surface area contributed by atoms with E-state index >= 15 is 0 Å². The summed E-state index contributed by atoms with van der Waals surface area (Å²) < 4.78 is 0. The van der Waals surface area contributed by atoms with Crippen LogP contribution in [-0.4, -0.2) is 91.9 Å². The summed E-state index contributed by atoms with van der Waals surface area (Å²) in [5.41, 5.74) is 0.837. The molecule has 298 valence electrons. The van der Waals surface area contributed by atoms with E-state index in [4.69, 9.17) is 0 Å². The van der Waals surface area contributed by atoms with Crippen molar-refractivity contribution in [1.82, 2.24) is 30.8 Å². The summed E-state index contributed by atoms with van der Waals surface area (Å²) in [5.74, 6) is -6.46. The van der Waals surface area contributed by atoms with E-state index in [-0.39, 0.29) is 55.0 Å². The SMILES string of the molecule is CCCC(NC(=O)[C@@H]1[C@@H](CC)CCN1C(=O)[C@@H](NC(=O)[C@@H](CC(=O)c1cnccn1)C1CCCCC1)C(C)C)C(=O)C(=O)N[C@@H](Cc1ccccc1)C(=O)O. The average molecular weight is 761 g/mol. The summed E-state index contributed by atoms with van der Waals surface area (Å²) in [5, 5.41) is 17.8. The van der Waals surface area contributed by atoms with Crippen LogP contribution in [0.4, 0.5) is 0 Å². The molecular weight excluding hydrogens is 704 g/mol. The number of aromatic nitrogens is 2. The van der Waals surface area contributed by atoms with Gasteiger partial charge in [0.2, 0.25) is 23.5 Å². The maximum Gasteiger partial charge on any atom is 0.326 e. The molecule has 2 aromatic rings. The van der Waals surface area contributed by atoms with Crippen molar-refractivity contribution < 1.29 is 38.7 Å². The molecule has 1 saturated heterocycles. The third-order valence-corrected chi connectivity index (χ3v) is 11.0. The Labute approximate surface area is 323 Å². The van der Waals surface area contributed by atoms with Crippen molar-refractivity contribution in [3.8, 4) is 0 Å². The van der Waals surface area contributed by atoms with Crippen LogP contribution in [0.1, 0.15) is 108 Å². The molecule has 6 atom stereocenters. The summed E-state index contributed by atoms with van der Waals surface area (Å²) in [6.45, 7) is 7.56. The van der Waals surface area contributed by atoms with Crippen molar-refractivity contribution in [1.29, 1.82) is 0 Å². The molecule has 14 nitrogen and oxygen atoms in total. The molecule has 0 spiro atoms. The van der Waals surface area contributed by atoms with E-state index in [9.17, 15) is 38.7 Å². The number of carboxylic acids is 1. The number of aliphatic carboxylic acids is 1. The molecule has 1 aromatic carbocycles. The lowest BCUT2D eigenvalue weighted by Gasteiger charge is -2.34. The predicted molar refractivity (Wildman–Crippen MR) is 203 cm³/mol. The van der Waals surface area contributed by atoms with Gasteiger partial charge in [-0.05, 0) is 49.0 Å². The number of carbonyl (C=O) groups is 7. The highest BCUT2D eigenvalue weighted by molar-refractivity contribution is 6.38. The van der Waals surface area contributed by atoms with Gasteiger partial charge in [-0.15, -0.1) is 0 Å². The maximum absolute atomic E-state index is 14.4. The second-order valence-electron chi connectivity index (χ2n) is 15.2. The van der Waals surface area contributed by atoms with Gasteiger partial charge >= 0.3 is 5.97 Å². The van der Waals surface area contributed by atoms with E-state index in [1.54, 1.807) is 37.3 Å². The van der Waals surface area contributed by atoms with Crippen LogP contribution in [0.3, 0.4) is 0 Å². The summed E-state index contributed by atoms with van der Waals surface area (Å²) in [4.78, 5) is 104. The first-order valence-corrected chi connectivity index (χ1v) is 19.7. The molecule has 1 saturated carbocycles. The van der Waals surface area contributed by atoms with Crippen LogP contribution in [0.15, 0.2) is 48.9 Å². The highest BCUT2D eigenvalue weighted by Gasteiger charge is 2.45. The molecule has 2 fully saturated rings. The van der Waals surface area contributed by atoms with E-state index in [1.165, 1.54) is 23.5 Å². The second kappa shape index (κ2) is 20.6. The van der Waals surface area contributed by atoms with Crippen LogP contribution in [0.25, 0.3) is 0 Å². The molecule has 4 N–H and O–H groups in total. The number of nitrogens with one attached hydrogen (secondary N) is 3. The fourth-order valence-electron chi connectivity index (χ4n) is 7.85. The maximum atomic E-state index is 14.4. The Morgan fingerprint density at radius 2 is 1.60 bits per heavy atom. The number of hydrogen-bond donors (Lipinski definition) is 4. The van der Waals surface area contributed by atoms with E-state index in [0.717, 1.165) is 32.1 Å². The summed E-state index contributed by atoms with van der Waals surface area (Å²) >= 11 is 0. The number of hydrogen-bond acceptors (Lipinski definition) is 9. The van der Waals surface area contributed by atoms with Gasteiger partial charge in [0.1, 0.15) is 23.8 Å². The Morgan fingerprint density at radius 3 is 2.20 bits per heavy atom. The van der Waals surface area contributed by atoms with Gasteiger partial charge in [0, 0.05) is 37.7 Å². The summed E-state index contributed by atoms with van der Waals surface area (Å²) in [7, 11) is 0. The van der Waals surface area contributed by atoms with Gasteiger partial charge in [-0.3, -0.25) is 33.8 Å². The standard InChI is InChI=1S/C41H56N6O8/c1-5-13-30(36(49)39(52)45-31(41(54)55)22-26-14-9-7-10-15-26)44-38(51)35-27(6-2)18-21-47(35)40(53)34(25(3)4)46-37(50)29(28-16-11-8-12-17-28)23-33(48)32-24-42-19-20-43-32/h7,9-10,14-15,19-20,24-25,27-31,34-35H,5-6,8,11-13,16-18,21-23H2,1-4H3,(H,44,51)(H,45,52)(H,46,50)(H,54,55)/t27-,29-,30?,31-,34-,35-/m0/s1. The zero-order chi connectivity index (χ0) is 40.1. The normalized spacial score (nSPS) is 19.5. The van der Waals surface area contributed by atoms with Crippen molar-refractivity contribution in [2.45, 2.75) is 122 Å². The molecule has 1 aliphatic heterocycles. The lowest BCUT2D eigenvalue weighted by atomic mass is 9.77. The molecule has 2 aliphatic rings. The van der Waals surface area contributed by atoms with Crippen molar-refractivity contribution in [2.24, 2.45) is 23.7 Å². The Bertz CT molecular complexity index is 1650. The van der Waals surface area contributed by atoms with Gasteiger partial charge in [-0.2, -0.15) is 0 Å². The van der Waals surface area contributed by atoms with Crippen molar-refractivity contribution >= 4 is 41.2 Å².